The molecule has 1 aliphatic heterocycles. The summed E-state index contributed by atoms with van der Waals surface area (Å²) in [5, 5.41) is 0. The molecule has 1 aromatic carbocycles. The molecular formula is C13H16NO3. The molecule has 1 amide bonds. The zero-order valence-corrected chi connectivity index (χ0v) is 10.3. The molecule has 1 fully saturated rings. The first-order valence-electron chi connectivity index (χ1n) is 5.55. The Bertz CT molecular complexity index is 402. The summed E-state index contributed by atoms with van der Waals surface area (Å²) in [6.45, 7) is 4.07. The summed E-state index contributed by atoms with van der Waals surface area (Å²) in [6.07, 6.45) is -0.332. The van der Waals surface area contributed by atoms with Crippen molar-refractivity contribution in [3.8, 4) is 0 Å². The van der Waals surface area contributed by atoms with Crippen molar-refractivity contribution in [1.29, 1.82) is 0 Å². The van der Waals surface area contributed by atoms with Gasteiger partial charge >= 0.3 is 0 Å². The van der Waals surface area contributed by atoms with Crippen LogP contribution in [0, 0.1) is 6.07 Å². The van der Waals surface area contributed by atoms with Crippen molar-refractivity contribution in [1.82, 2.24) is 4.90 Å². The lowest BCUT2D eigenvalue weighted by Gasteiger charge is -2.24. The highest BCUT2D eigenvalue weighted by molar-refractivity contribution is 5.94. The van der Waals surface area contributed by atoms with Gasteiger partial charge in [0.1, 0.15) is 0 Å². The summed E-state index contributed by atoms with van der Waals surface area (Å²) in [5.41, 5.74) is 0.625. The molecule has 1 aliphatic rings. The molecule has 17 heavy (non-hydrogen) atoms. The molecule has 1 aromatic rings. The van der Waals surface area contributed by atoms with Gasteiger partial charge in [-0.15, -0.1) is 0 Å². The molecule has 91 valence electrons. The van der Waals surface area contributed by atoms with Crippen molar-refractivity contribution >= 4 is 5.91 Å². The molecule has 0 bridgehead atoms. The second-order valence-corrected chi connectivity index (χ2v) is 4.49. The molecule has 1 atom stereocenters. The van der Waals surface area contributed by atoms with Gasteiger partial charge in [0.2, 0.25) is 0 Å². The van der Waals surface area contributed by atoms with E-state index in [0.717, 1.165) is 0 Å². The number of amides is 1. The van der Waals surface area contributed by atoms with E-state index in [0.29, 0.717) is 12.2 Å². The summed E-state index contributed by atoms with van der Waals surface area (Å²) in [6, 6.07) is 9.79. The molecule has 0 saturated carbocycles. The maximum absolute atomic E-state index is 12.1. The quantitative estimate of drug-likeness (QED) is 0.781. The number of nitrogens with zero attached hydrogens (tertiary/aromatic N) is 1. The normalized spacial score (nSPS) is 22.4. The first kappa shape index (κ1) is 12.1. The number of rotatable bonds is 2. The highest BCUT2D eigenvalue weighted by Crippen LogP contribution is 2.24. The van der Waals surface area contributed by atoms with Crippen LogP contribution in [0.25, 0.3) is 0 Å². The standard InChI is InChI=1S/C13H16NO3/c1-13(2)16-9-11(17-13)14(3)12(15)10-7-5-4-6-8-10/h5-8,11H,9H2,1-3H3. The third-order valence-corrected chi connectivity index (χ3v) is 2.71. The van der Waals surface area contributed by atoms with Crippen LogP contribution in [0.5, 0.6) is 0 Å². The number of hydrogen-bond acceptors (Lipinski definition) is 3. The van der Waals surface area contributed by atoms with Gasteiger partial charge in [-0.3, -0.25) is 4.79 Å². The lowest BCUT2D eigenvalue weighted by molar-refractivity contribution is -0.152. The van der Waals surface area contributed by atoms with E-state index in [1.807, 2.05) is 13.8 Å². The largest absolute Gasteiger partial charge is 0.346 e. The highest BCUT2D eigenvalue weighted by Gasteiger charge is 2.36. The number of ether oxygens (including phenoxy) is 2. The Morgan fingerprint density at radius 2 is 2.12 bits per heavy atom. The Hall–Kier alpha value is -1.39. The van der Waals surface area contributed by atoms with Gasteiger partial charge in [-0.05, 0) is 32.0 Å². The van der Waals surface area contributed by atoms with Crippen LogP contribution in [-0.2, 0) is 9.47 Å². The molecule has 1 heterocycles. The third-order valence-electron chi connectivity index (χ3n) is 2.71. The van der Waals surface area contributed by atoms with Crippen molar-refractivity contribution in [3.05, 3.63) is 35.9 Å². The Labute approximate surface area is 101 Å². The molecule has 1 unspecified atom stereocenters. The predicted molar refractivity (Wildman–Crippen MR) is 62.3 cm³/mol. The van der Waals surface area contributed by atoms with Crippen molar-refractivity contribution in [3.63, 3.8) is 0 Å². The van der Waals surface area contributed by atoms with E-state index in [9.17, 15) is 4.79 Å². The lowest BCUT2D eigenvalue weighted by atomic mass is 10.2. The Morgan fingerprint density at radius 1 is 1.47 bits per heavy atom. The minimum atomic E-state index is -0.621. The SMILES string of the molecule is CN(C(=O)c1cc[c]cc1)C1COC(C)(C)O1. The zero-order chi connectivity index (χ0) is 12.5. The monoisotopic (exact) mass is 234 g/mol. The van der Waals surface area contributed by atoms with Crippen LogP contribution in [0.3, 0.4) is 0 Å². The topological polar surface area (TPSA) is 38.8 Å². The molecule has 4 heteroatoms. The number of carbonyl (C=O) groups is 1. The van der Waals surface area contributed by atoms with Crippen molar-refractivity contribution in [2.75, 3.05) is 13.7 Å². The third kappa shape index (κ3) is 2.65. The predicted octanol–water partition coefficient (Wildman–Crippen LogP) is 1.67. The van der Waals surface area contributed by atoms with Crippen molar-refractivity contribution in [2.45, 2.75) is 25.9 Å². The van der Waals surface area contributed by atoms with Crippen LogP contribution in [-0.4, -0.2) is 36.5 Å². The van der Waals surface area contributed by atoms with E-state index in [2.05, 4.69) is 6.07 Å². The van der Waals surface area contributed by atoms with Gasteiger partial charge in [-0.2, -0.15) is 0 Å². The van der Waals surface area contributed by atoms with E-state index in [4.69, 9.17) is 9.47 Å². The first-order valence-corrected chi connectivity index (χ1v) is 5.55. The Morgan fingerprint density at radius 3 is 2.65 bits per heavy atom. The molecule has 0 aromatic heterocycles. The summed E-state index contributed by atoms with van der Waals surface area (Å²) >= 11 is 0. The van der Waals surface area contributed by atoms with E-state index < -0.39 is 5.79 Å². The van der Waals surface area contributed by atoms with Crippen LogP contribution >= 0.6 is 0 Å². The molecule has 1 radical (unpaired) electrons. The summed E-state index contributed by atoms with van der Waals surface area (Å²) in [7, 11) is 1.72. The van der Waals surface area contributed by atoms with E-state index >= 15 is 0 Å². The van der Waals surface area contributed by atoms with Gasteiger partial charge < -0.3 is 14.4 Å². The molecule has 2 rings (SSSR count). The maximum atomic E-state index is 12.1. The average molecular weight is 234 g/mol. The fraction of sp³-hybridized carbons (Fsp3) is 0.462. The first-order chi connectivity index (χ1) is 7.99. The number of likely N-dealkylation sites (N-methyl/N-ethyl adjacent to an activating group) is 1. The molecule has 0 N–H and O–H groups in total. The summed E-state index contributed by atoms with van der Waals surface area (Å²) in [4.78, 5) is 13.7. The minimum Gasteiger partial charge on any atom is -0.346 e. The molecule has 1 saturated heterocycles. The Balaban J connectivity index is 2.06. The second-order valence-electron chi connectivity index (χ2n) is 4.49. The second kappa shape index (κ2) is 4.47. The lowest BCUT2D eigenvalue weighted by Crippen LogP contribution is -2.39. The maximum Gasteiger partial charge on any atom is 0.255 e. The van der Waals surface area contributed by atoms with Crippen LogP contribution in [0.2, 0.25) is 0 Å². The summed E-state index contributed by atoms with van der Waals surface area (Å²) < 4.78 is 11.1. The van der Waals surface area contributed by atoms with Gasteiger partial charge in [-0.1, -0.05) is 12.1 Å². The van der Waals surface area contributed by atoms with Crippen LogP contribution in [0.4, 0.5) is 0 Å². The van der Waals surface area contributed by atoms with E-state index in [1.165, 1.54) is 0 Å². The van der Waals surface area contributed by atoms with Crippen LogP contribution in [0.15, 0.2) is 24.3 Å². The fourth-order valence-corrected chi connectivity index (χ4v) is 1.72. The molecular weight excluding hydrogens is 218 g/mol. The van der Waals surface area contributed by atoms with E-state index in [1.54, 1.807) is 36.2 Å². The van der Waals surface area contributed by atoms with Crippen LogP contribution < -0.4 is 0 Å². The Kier molecular flexibility index (Phi) is 3.17. The number of carbonyl (C=O) groups excluding carboxylic acids is 1. The van der Waals surface area contributed by atoms with Gasteiger partial charge in [0.05, 0.1) is 6.61 Å². The average Bonchev–Trinajstić information content (AvgIpc) is 2.69. The minimum absolute atomic E-state index is 0.0784. The fourth-order valence-electron chi connectivity index (χ4n) is 1.72. The van der Waals surface area contributed by atoms with Gasteiger partial charge in [0.15, 0.2) is 12.0 Å². The molecule has 4 nitrogen and oxygen atoms in total. The summed E-state index contributed by atoms with van der Waals surface area (Å²) in [5.74, 6) is -0.700. The highest BCUT2D eigenvalue weighted by atomic mass is 16.8. The molecule has 0 spiro atoms. The van der Waals surface area contributed by atoms with Gasteiger partial charge in [0, 0.05) is 12.6 Å². The van der Waals surface area contributed by atoms with Crippen molar-refractivity contribution in [2.24, 2.45) is 0 Å². The van der Waals surface area contributed by atoms with E-state index in [-0.39, 0.29) is 12.1 Å². The van der Waals surface area contributed by atoms with Gasteiger partial charge in [-0.25, -0.2) is 0 Å². The smallest absolute Gasteiger partial charge is 0.255 e. The van der Waals surface area contributed by atoms with Crippen molar-refractivity contribution < 1.29 is 14.3 Å². The number of hydrogen-bond donors (Lipinski definition) is 0. The zero-order valence-electron chi connectivity index (χ0n) is 10.3. The van der Waals surface area contributed by atoms with Crippen LogP contribution in [0.1, 0.15) is 24.2 Å². The van der Waals surface area contributed by atoms with Gasteiger partial charge in [0.25, 0.3) is 5.91 Å². The molecule has 0 aliphatic carbocycles. The number of benzene rings is 1.